The summed E-state index contributed by atoms with van der Waals surface area (Å²) in [5, 5.41) is 2.75. The number of rotatable bonds is 6. The van der Waals surface area contributed by atoms with Gasteiger partial charge in [0.25, 0.3) is 6.43 Å². The van der Waals surface area contributed by atoms with Gasteiger partial charge in [-0.05, 0) is 24.1 Å². The van der Waals surface area contributed by atoms with Crippen molar-refractivity contribution in [2.45, 2.75) is 20.3 Å². The molecule has 112 valence electrons. The molecule has 0 fully saturated rings. The number of nitrogens with zero attached hydrogens (tertiary/aromatic N) is 1. The average molecular weight is 285 g/mol. The van der Waals surface area contributed by atoms with Crippen molar-refractivity contribution in [3.8, 4) is 0 Å². The van der Waals surface area contributed by atoms with Crippen LogP contribution >= 0.6 is 0 Å². The van der Waals surface area contributed by atoms with Crippen molar-refractivity contribution in [3.05, 3.63) is 23.8 Å². The predicted molar refractivity (Wildman–Crippen MR) is 76.9 cm³/mol. The monoisotopic (exact) mass is 285 g/mol. The molecule has 0 atom stereocenters. The summed E-state index contributed by atoms with van der Waals surface area (Å²) in [6, 6.07) is 4.29. The topological polar surface area (TPSA) is 58.4 Å². The second kappa shape index (κ2) is 7.07. The Morgan fingerprint density at radius 1 is 1.40 bits per heavy atom. The van der Waals surface area contributed by atoms with Gasteiger partial charge < -0.3 is 16.0 Å². The number of likely N-dealkylation sites (N-methyl/N-ethyl adjacent to an activating group) is 1. The number of nitrogen functional groups attached to an aromatic ring is 1. The van der Waals surface area contributed by atoms with E-state index < -0.39 is 6.43 Å². The summed E-state index contributed by atoms with van der Waals surface area (Å²) < 4.78 is 26.0. The molecule has 0 heterocycles. The summed E-state index contributed by atoms with van der Waals surface area (Å²) >= 11 is 0. The minimum Gasteiger partial charge on any atom is -0.399 e. The third kappa shape index (κ3) is 4.68. The maximum atomic E-state index is 13.0. The van der Waals surface area contributed by atoms with E-state index in [1.165, 1.54) is 17.0 Å². The molecule has 0 bridgehead atoms. The quantitative estimate of drug-likeness (QED) is 0.789. The van der Waals surface area contributed by atoms with Gasteiger partial charge in [-0.3, -0.25) is 4.79 Å². The van der Waals surface area contributed by atoms with Gasteiger partial charge >= 0.3 is 0 Å². The van der Waals surface area contributed by atoms with Crippen LogP contribution in [0.15, 0.2) is 18.2 Å². The molecule has 1 rings (SSSR count). The molecule has 1 aromatic rings. The Hall–Kier alpha value is -1.85. The summed E-state index contributed by atoms with van der Waals surface area (Å²) in [4.78, 5) is 13.2. The van der Waals surface area contributed by atoms with Gasteiger partial charge in [0.05, 0.1) is 6.54 Å². The molecule has 0 aliphatic rings. The molecule has 1 amide bonds. The van der Waals surface area contributed by atoms with Crippen LogP contribution in [0.2, 0.25) is 0 Å². The smallest absolute Gasteiger partial charge is 0.265 e. The number of benzene rings is 1. The summed E-state index contributed by atoms with van der Waals surface area (Å²) in [5.41, 5.74) is 5.95. The molecule has 0 saturated carbocycles. The van der Waals surface area contributed by atoms with Crippen molar-refractivity contribution < 1.29 is 13.6 Å². The molecule has 0 spiro atoms. The van der Waals surface area contributed by atoms with E-state index in [2.05, 4.69) is 5.32 Å². The Labute approximate surface area is 117 Å². The van der Waals surface area contributed by atoms with E-state index in [1.807, 2.05) is 13.8 Å². The molecule has 6 heteroatoms. The number of carbonyl (C=O) groups is 1. The number of halogens is 2. The summed E-state index contributed by atoms with van der Waals surface area (Å²) in [7, 11) is 1.60. The maximum absolute atomic E-state index is 13.0. The molecule has 0 aromatic heterocycles. The van der Waals surface area contributed by atoms with Crippen LogP contribution in [0.5, 0.6) is 0 Å². The average Bonchev–Trinajstić information content (AvgIpc) is 2.35. The molecule has 4 nitrogen and oxygen atoms in total. The largest absolute Gasteiger partial charge is 0.399 e. The number of alkyl halides is 2. The lowest BCUT2D eigenvalue weighted by Gasteiger charge is -2.22. The zero-order chi connectivity index (χ0) is 15.3. The Bertz CT molecular complexity index is 464. The first kappa shape index (κ1) is 16.2. The van der Waals surface area contributed by atoms with Crippen LogP contribution in [0.25, 0.3) is 0 Å². The molecule has 0 radical (unpaired) electrons. The summed E-state index contributed by atoms with van der Waals surface area (Å²) in [5.74, 6) is 0.149. The van der Waals surface area contributed by atoms with Crippen molar-refractivity contribution in [2.24, 2.45) is 5.92 Å². The highest BCUT2D eigenvalue weighted by atomic mass is 19.3. The molecular weight excluding hydrogens is 264 g/mol. The van der Waals surface area contributed by atoms with Crippen LogP contribution in [0.4, 0.5) is 20.2 Å². The lowest BCUT2D eigenvalue weighted by Crippen LogP contribution is -2.37. The van der Waals surface area contributed by atoms with E-state index in [0.29, 0.717) is 18.2 Å². The standard InChI is InChI=1S/C14H21F2N3O/c1-9(2)7-18-13(20)8-19(3)12-5-4-10(17)6-11(12)14(15)16/h4-6,9,14H,7-8,17H2,1-3H3,(H,18,20). The van der Waals surface area contributed by atoms with Crippen LogP contribution in [0, 0.1) is 5.92 Å². The van der Waals surface area contributed by atoms with Crippen molar-refractivity contribution in [1.29, 1.82) is 0 Å². The summed E-state index contributed by atoms with van der Waals surface area (Å²) in [6.07, 6.45) is -2.63. The number of carbonyl (C=O) groups excluding carboxylic acids is 1. The number of amides is 1. The molecule has 0 unspecified atom stereocenters. The van der Waals surface area contributed by atoms with Crippen LogP contribution < -0.4 is 16.0 Å². The molecule has 1 aromatic carbocycles. The van der Waals surface area contributed by atoms with Crippen LogP contribution in [0.1, 0.15) is 25.8 Å². The number of hydrogen-bond donors (Lipinski definition) is 2. The first-order valence-electron chi connectivity index (χ1n) is 6.46. The van der Waals surface area contributed by atoms with Crippen LogP contribution in [0.3, 0.4) is 0 Å². The van der Waals surface area contributed by atoms with Gasteiger partial charge in [-0.2, -0.15) is 0 Å². The van der Waals surface area contributed by atoms with Gasteiger partial charge in [-0.25, -0.2) is 8.78 Å². The molecular formula is C14H21F2N3O. The third-order valence-corrected chi connectivity index (χ3v) is 2.79. The highest BCUT2D eigenvalue weighted by Crippen LogP contribution is 2.30. The fourth-order valence-electron chi connectivity index (χ4n) is 1.77. The normalized spacial score (nSPS) is 10.9. The van der Waals surface area contributed by atoms with E-state index >= 15 is 0 Å². The van der Waals surface area contributed by atoms with Crippen molar-refractivity contribution in [3.63, 3.8) is 0 Å². The Balaban J connectivity index is 2.77. The number of anilines is 2. The highest BCUT2D eigenvalue weighted by Gasteiger charge is 2.17. The molecule has 3 N–H and O–H groups in total. The third-order valence-electron chi connectivity index (χ3n) is 2.79. The number of nitrogens with one attached hydrogen (secondary N) is 1. The van der Waals surface area contributed by atoms with Gasteiger partial charge in [0.15, 0.2) is 0 Å². The van der Waals surface area contributed by atoms with Crippen molar-refractivity contribution in [2.75, 3.05) is 30.8 Å². The first-order valence-corrected chi connectivity index (χ1v) is 6.46. The fourth-order valence-corrected chi connectivity index (χ4v) is 1.77. The van der Waals surface area contributed by atoms with Gasteiger partial charge in [0.2, 0.25) is 5.91 Å². The fraction of sp³-hybridized carbons (Fsp3) is 0.500. The Morgan fingerprint density at radius 3 is 2.60 bits per heavy atom. The van der Waals surface area contributed by atoms with Gasteiger partial charge in [0.1, 0.15) is 0 Å². The van der Waals surface area contributed by atoms with E-state index in [4.69, 9.17) is 5.73 Å². The SMILES string of the molecule is CC(C)CNC(=O)CN(C)c1ccc(N)cc1C(F)F. The van der Waals surface area contributed by atoms with Crippen molar-refractivity contribution >= 4 is 17.3 Å². The zero-order valence-corrected chi connectivity index (χ0v) is 12.0. The zero-order valence-electron chi connectivity index (χ0n) is 12.0. The Morgan fingerprint density at radius 2 is 2.05 bits per heavy atom. The van der Waals surface area contributed by atoms with E-state index in [1.54, 1.807) is 13.1 Å². The minimum atomic E-state index is -2.63. The Kier molecular flexibility index (Phi) is 5.73. The lowest BCUT2D eigenvalue weighted by molar-refractivity contribution is -0.119. The van der Waals surface area contributed by atoms with E-state index in [0.717, 1.165) is 0 Å². The number of hydrogen-bond acceptors (Lipinski definition) is 3. The molecule has 0 aliphatic carbocycles. The number of nitrogens with two attached hydrogens (primary N) is 1. The van der Waals surface area contributed by atoms with E-state index in [-0.39, 0.29) is 23.7 Å². The molecule has 0 saturated heterocycles. The maximum Gasteiger partial charge on any atom is 0.265 e. The summed E-state index contributed by atoms with van der Waals surface area (Å²) in [6.45, 7) is 4.56. The minimum absolute atomic E-state index is 0.0242. The van der Waals surface area contributed by atoms with Crippen LogP contribution in [-0.4, -0.2) is 26.0 Å². The van der Waals surface area contributed by atoms with E-state index in [9.17, 15) is 13.6 Å². The molecule has 20 heavy (non-hydrogen) atoms. The highest BCUT2D eigenvalue weighted by molar-refractivity contribution is 5.81. The first-order chi connectivity index (χ1) is 9.31. The van der Waals surface area contributed by atoms with Crippen molar-refractivity contribution in [1.82, 2.24) is 5.32 Å². The second-order valence-corrected chi connectivity index (χ2v) is 5.17. The van der Waals surface area contributed by atoms with Gasteiger partial charge in [-0.15, -0.1) is 0 Å². The molecule has 0 aliphatic heterocycles. The van der Waals surface area contributed by atoms with Gasteiger partial charge in [0, 0.05) is 30.5 Å². The lowest BCUT2D eigenvalue weighted by atomic mass is 10.1. The second-order valence-electron chi connectivity index (χ2n) is 5.17. The predicted octanol–water partition coefficient (Wildman–Crippen LogP) is 2.41. The van der Waals surface area contributed by atoms with Crippen LogP contribution in [-0.2, 0) is 4.79 Å². The van der Waals surface area contributed by atoms with Gasteiger partial charge in [-0.1, -0.05) is 13.8 Å².